The normalized spacial score (nSPS) is 14.2. The molecular weight excluding hydrogens is 572 g/mol. The van der Waals surface area contributed by atoms with Gasteiger partial charge in [0.25, 0.3) is 5.91 Å². The van der Waals surface area contributed by atoms with Crippen LogP contribution >= 0.6 is 0 Å². The summed E-state index contributed by atoms with van der Waals surface area (Å²) in [5.41, 5.74) is 1.21. The van der Waals surface area contributed by atoms with Gasteiger partial charge in [0.2, 0.25) is 11.8 Å². The number of likely N-dealkylation sites (N-methyl/N-ethyl adjacent to an activating group) is 1. The van der Waals surface area contributed by atoms with Gasteiger partial charge in [-0.15, -0.1) is 0 Å². The summed E-state index contributed by atoms with van der Waals surface area (Å²) >= 11 is 0. The first-order valence-electron chi connectivity index (χ1n) is 12.9. The van der Waals surface area contributed by atoms with Gasteiger partial charge in [0.05, 0.1) is 63.7 Å². The number of amides is 4. The molecule has 0 bridgehead atoms. The fourth-order valence-electron chi connectivity index (χ4n) is 4.45. The number of ether oxygens (including phenoxy) is 2. The molecule has 1 aliphatic rings. The number of nitrogens with one attached hydrogen (secondary N) is 2. The molecule has 0 aliphatic carbocycles. The molecule has 1 heterocycles. The quantitative estimate of drug-likeness (QED) is 0.143. The van der Waals surface area contributed by atoms with Crippen LogP contribution in [0.25, 0.3) is 0 Å². The lowest BCUT2D eigenvalue weighted by Gasteiger charge is -2.41. The lowest BCUT2D eigenvalue weighted by Crippen LogP contribution is -3.00. The SMILES string of the molecule is COc1cc(N(O)C(=O)CN2CC[N+](C)(CC(=O)N(O)c3ccc(NC(C)=O)c(OC)c3)CC2)ccc1NC(C)=O.[Cl-]. The number of anilines is 4. The van der Waals surface area contributed by atoms with Crippen molar-refractivity contribution in [1.82, 2.24) is 4.90 Å². The summed E-state index contributed by atoms with van der Waals surface area (Å²) in [5.74, 6) is -1.05. The second-order valence-electron chi connectivity index (χ2n) is 10.0. The number of methoxy groups -OCH3 is 2. The van der Waals surface area contributed by atoms with Crippen LogP contribution in [0, 0.1) is 0 Å². The number of hydrogen-bond donors (Lipinski definition) is 4. The van der Waals surface area contributed by atoms with E-state index >= 15 is 0 Å². The number of benzene rings is 2. The van der Waals surface area contributed by atoms with Crippen LogP contribution in [-0.2, 0) is 19.2 Å². The van der Waals surface area contributed by atoms with Crippen LogP contribution < -0.4 is 42.6 Å². The molecule has 2 aromatic carbocycles. The van der Waals surface area contributed by atoms with Gasteiger partial charge in [0.1, 0.15) is 11.5 Å². The Hall–Kier alpha value is -3.95. The molecule has 1 saturated heterocycles. The van der Waals surface area contributed by atoms with Crippen molar-refractivity contribution >= 4 is 46.4 Å². The largest absolute Gasteiger partial charge is 1.00 e. The molecule has 4 N–H and O–H groups in total. The molecule has 0 saturated carbocycles. The Morgan fingerprint density at radius 2 is 1.26 bits per heavy atom. The molecule has 14 nitrogen and oxygen atoms in total. The first-order valence-corrected chi connectivity index (χ1v) is 12.9. The third-order valence-corrected chi connectivity index (χ3v) is 6.74. The third kappa shape index (κ3) is 8.77. The fraction of sp³-hybridized carbons (Fsp3) is 0.407. The minimum atomic E-state index is -0.551. The molecule has 42 heavy (non-hydrogen) atoms. The molecule has 15 heteroatoms. The van der Waals surface area contributed by atoms with Crippen molar-refractivity contribution in [3.05, 3.63) is 36.4 Å². The Bertz CT molecular complexity index is 1300. The van der Waals surface area contributed by atoms with Crippen molar-refractivity contribution in [2.75, 3.05) is 81.3 Å². The van der Waals surface area contributed by atoms with E-state index in [1.165, 1.54) is 64.5 Å². The van der Waals surface area contributed by atoms with Gasteiger partial charge in [-0.2, -0.15) is 10.1 Å². The van der Waals surface area contributed by atoms with E-state index in [1.807, 2.05) is 11.9 Å². The van der Waals surface area contributed by atoms with Gasteiger partial charge in [0, 0.05) is 39.1 Å². The number of piperazine rings is 1. The van der Waals surface area contributed by atoms with Crippen molar-refractivity contribution in [2.24, 2.45) is 0 Å². The summed E-state index contributed by atoms with van der Waals surface area (Å²) in [6, 6.07) is 8.96. The van der Waals surface area contributed by atoms with Gasteiger partial charge in [-0.1, -0.05) is 0 Å². The minimum absolute atomic E-state index is 0. The number of quaternary nitrogens is 1. The van der Waals surface area contributed by atoms with Crippen LogP contribution in [0.1, 0.15) is 13.8 Å². The first-order chi connectivity index (χ1) is 19.4. The number of hydrogen-bond acceptors (Lipinski definition) is 9. The van der Waals surface area contributed by atoms with Crippen molar-refractivity contribution in [1.29, 1.82) is 0 Å². The van der Waals surface area contributed by atoms with E-state index in [1.54, 1.807) is 0 Å². The Labute approximate surface area is 250 Å². The Morgan fingerprint density at radius 3 is 1.67 bits per heavy atom. The van der Waals surface area contributed by atoms with E-state index in [2.05, 4.69) is 10.6 Å². The summed E-state index contributed by atoms with van der Waals surface area (Å²) in [6.45, 7) is 4.72. The number of rotatable bonds is 10. The molecule has 4 amide bonds. The van der Waals surface area contributed by atoms with Crippen LogP contribution in [-0.4, -0.2) is 104 Å². The van der Waals surface area contributed by atoms with Gasteiger partial charge >= 0.3 is 5.91 Å². The Balaban J connectivity index is 0.00000616. The lowest BCUT2D eigenvalue weighted by molar-refractivity contribution is -0.906. The maximum absolute atomic E-state index is 12.9. The zero-order valence-electron chi connectivity index (χ0n) is 24.2. The van der Waals surface area contributed by atoms with Crippen molar-refractivity contribution in [2.45, 2.75) is 13.8 Å². The summed E-state index contributed by atoms with van der Waals surface area (Å²) < 4.78 is 10.9. The van der Waals surface area contributed by atoms with E-state index in [0.29, 0.717) is 63.7 Å². The van der Waals surface area contributed by atoms with Crippen LogP contribution in [0.15, 0.2) is 36.4 Å². The molecule has 2 aromatic rings. The minimum Gasteiger partial charge on any atom is -1.00 e. The molecule has 1 fully saturated rings. The van der Waals surface area contributed by atoms with Crippen molar-refractivity contribution in [3.63, 3.8) is 0 Å². The highest BCUT2D eigenvalue weighted by Crippen LogP contribution is 2.31. The average Bonchev–Trinajstić information content (AvgIpc) is 2.93. The standard InChI is InChI=1S/C27H36N6O8.ClH/c1-18(34)28-22-8-6-20(14-24(22)40-4)31(38)26(36)16-30-10-12-33(3,13-11-30)17-27(37)32(39)21-7-9-23(29-19(2)35)25(15-21)41-5;/h6-9,14-15,38-39H,10-13,16-17H2,1-5H3,(H-,28,29,34,35);1H. The summed E-state index contributed by atoms with van der Waals surface area (Å²) in [5, 5.41) is 27.4. The monoisotopic (exact) mass is 608 g/mol. The maximum Gasteiger partial charge on any atom is 0.305 e. The molecule has 230 valence electrons. The summed E-state index contributed by atoms with van der Waals surface area (Å²) in [7, 11) is 4.73. The molecule has 1 aliphatic heterocycles. The van der Waals surface area contributed by atoms with Crippen molar-refractivity contribution < 1.29 is 56.0 Å². The number of carbonyl (C=O) groups excluding carboxylic acids is 4. The van der Waals surface area contributed by atoms with Gasteiger partial charge in [-0.05, 0) is 24.3 Å². The predicted octanol–water partition coefficient (Wildman–Crippen LogP) is -1.47. The summed E-state index contributed by atoms with van der Waals surface area (Å²) in [4.78, 5) is 50.3. The molecule has 3 rings (SSSR count). The van der Waals surface area contributed by atoms with E-state index < -0.39 is 11.8 Å². The highest BCUT2D eigenvalue weighted by molar-refractivity contribution is 5.95. The number of carbonyl (C=O) groups is 4. The number of nitrogens with zero attached hydrogens (tertiary/aromatic N) is 4. The molecular formula is C27H37ClN6O8. The molecule has 0 atom stereocenters. The third-order valence-electron chi connectivity index (χ3n) is 6.74. The van der Waals surface area contributed by atoms with Gasteiger partial charge in [-0.3, -0.25) is 34.5 Å². The second-order valence-corrected chi connectivity index (χ2v) is 10.0. The van der Waals surface area contributed by atoms with E-state index in [4.69, 9.17) is 9.47 Å². The zero-order chi connectivity index (χ0) is 30.3. The van der Waals surface area contributed by atoms with Gasteiger partial charge in [-0.25, -0.2) is 0 Å². The highest BCUT2D eigenvalue weighted by Gasteiger charge is 2.34. The topological polar surface area (TPSA) is 161 Å². The van der Waals surface area contributed by atoms with E-state index in [0.717, 1.165) is 0 Å². The second kappa shape index (κ2) is 14.8. The van der Waals surface area contributed by atoms with Crippen LogP contribution in [0.2, 0.25) is 0 Å². The van der Waals surface area contributed by atoms with Crippen LogP contribution in [0.5, 0.6) is 11.5 Å². The Kier molecular flexibility index (Phi) is 12.1. The highest BCUT2D eigenvalue weighted by atomic mass is 35.5. The van der Waals surface area contributed by atoms with Crippen molar-refractivity contribution in [3.8, 4) is 11.5 Å². The number of halogens is 1. The fourth-order valence-corrected chi connectivity index (χ4v) is 4.45. The smallest absolute Gasteiger partial charge is 0.305 e. The summed E-state index contributed by atoms with van der Waals surface area (Å²) in [6.07, 6.45) is 0. The maximum atomic E-state index is 12.9. The molecule has 0 unspecified atom stereocenters. The van der Waals surface area contributed by atoms with Gasteiger partial charge < -0.3 is 37.0 Å². The Morgan fingerprint density at radius 1 is 0.833 bits per heavy atom. The molecule has 0 radical (unpaired) electrons. The average molecular weight is 609 g/mol. The zero-order valence-corrected chi connectivity index (χ0v) is 25.0. The van der Waals surface area contributed by atoms with Crippen LogP contribution in [0.3, 0.4) is 0 Å². The predicted molar refractivity (Wildman–Crippen MR) is 150 cm³/mol. The van der Waals surface area contributed by atoms with Gasteiger partial charge in [0.15, 0.2) is 6.54 Å². The van der Waals surface area contributed by atoms with E-state index in [-0.39, 0.29) is 48.7 Å². The first kappa shape index (κ1) is 34.3. The van der Waals surface area contributed by atoms with E-state index in [9.17, 15) is 29.6 Å². The lowest BCUT2D eigenvalue weighted by atomic mass is 10.2. The van der Waals surface area contributed by atoms with Crippen LogP contribution in [0.4, 0.5) is 22.7 Å². The number of hydroxylamine groups is 2. The molecule has 0 aromatic heterocycles. The molecule has 0 spiro atoms.